The smallest absolute Gasteiger partial charge is 0.184 e. The highest BCUT2D eigenvalue weighted by Gasteiger charge is 2.44. The molecular weight excluding hydrogens is 270 g/mol. The van der Waals surface area contributed by atoms with Gasteiger partial charge in [0.05, 0.1) is 19.3 Å². The zero-order valence-corrected chi connectivity index (χ0v) is 11.1. The number of hydrogen-bond donors (Lipinski definition) is 0. The van der Waals surface area contributed by atoms with Crippen LogP contribution in [0.1, 0.15) is 12.0 Å². The molecular formula is C14H16F2O4. The van der Waals surface area contributed by atoms with Gasteiger partial charge in [-0.2, -0.15) is 0 Å². The first-order valence-corrected chi connectivity index (χ1v) is 6.53. The molecule has 0 aromatic heterocycles. The van der Waals surface area contributed by atoms with E-state index in [9.17, 15) is 8.78 Å². The van der Waals surface area contributed by atoms with E-state index in [1.54, 1.807) is 7.11 Å². The first kappa shape index (κ1) is 13.9. The van der Waals surface area contributed by atoms with Crippen LogP contribution in [0.4, 0.5) is 8.78 Å². The van der Waals surface area contributed by atoms with Gasteiger partial charge in [0.25, 0.3) is 0 Å². The summed E-state index contributed by atoms with van der Waals surface area (Å²) < 4.78 is 49.0. The van der Waals surface area contributed by atoms with Crippen LogP contribution in [-0.4, -0.2) is 38.3 Å². The van der Waals surface area contributed by atoms with Crippen LogP contribution in [0.25, 0.3) is 0 Å². The summed E-state index contributed by atoms with van der Waals surface area (Å²) in [5.74, 6) is -1.21. The molecule has 0 aliphatic carbocycles. The van der Waals surface area contributed by atoms with Gasteiger partial charge in [-0.25, -0.2) is 8.78 Å². The molecule has 3 rings (SSSR count). The third-order valence-corrected chi connectivity index (χ3v) is 3.72. The van der Waals surface area contributed by atoms with Crippen molar-refractivity contribution in [1.29, 1.82) is 0 Å². The van der Waals surface area contributed by atoms with Crippen molar-refractivity contribution in [2.45, 2.75) is 37.6 Å². The molecule has 2 aliphatic heterocycles. The van der Waals surface area contributed by atoms with Crippen LogP contribution < -0.4 is 0 Å². The maximum Gasteiger partial charge on any atom is 0.184 e. The van der Waals surface area contributed by atoms with E-state index in [0.717, 1.165) is 0 Å². The van der Waals surface area contributed by atoms with E-state index in [1.807, 2.05) is 0 Å². The van der Waals surface area contributed by atoms with Crippen LogP contribution in [0.5, 0.6) is 0 Å². The summed E-state index contributed by atoms with van der Waals surface area (Å²) in [4.78, 5) is 0. The molecule has 2 bridgehead atoms. The molecule has 0 N–H and O–H groups in total. The summed E-state index contributed by atoms with van der Waals surface area (Å²) in [6.45, 7) is 0.277. The Balaban J connectivity index is 1.66. The van der Waals surface area contributed by atoms with Crippen molar-refractivity contribution in [3.8, 4) is 0 Å². The zero-order valence-electron chi connectivity index (χ0n) is 11.1. The monoisotopic (exact) mass is 286 g/mol. The molecule has 2 fully saturated rings. The normalized spacial score (nSPS) is 32.5. The van der Waals surface area contributed by atoms with Gasteiger partial charge in [-0.1, -0.05) is 6.07 Å². The minimum Gasteiger partial charge on any atom is -0.376 e. The van der Waals surface area contributed by atoms with E-state index in [0.29, 0.717) is 13.0 Å². The van der Waals surface area contributed by atoms with Crippen LogP contribution >= 0.6 is 0 Å². The number of fused-ring (bicyclic) bond motifs is 2. The standard InChI is InChI=1S/C14H16F2O4/c1-17-12-5-11(13-7-19-14(12)20-13)18-6-8-9(15)3-2-4-10(8)16/h2-4,11-14H,5-7H2,1H3/t11-,12+,13+,14+/m0/s1. The van der Waals surface area contributed by atoms with Gasteiger partial charge in [0, 0.05) is 19.1 Å². The molecule has 2 aliphatic rings. The van der Waals surface area contributed by atoms with E-state index in [2.05, 4.69) is 0 Å². The summed E-state index contributed by atoms with van der Waals surface area (Å²) in [5.41, 5.74) is -0.0671. The molecule has 1 aromatic rings. The maximum absolute atomic E-state index is 13.5. The van der Waals surface area contributed by atoms with Crippen LogP contribution in [0.2, 0.25) is 0 Å². The Bertz CT molecular complexity index is 462. The summed E-state index contributed by atoms with van der Waals surface area (Å²) in [6.07, 6.45) is -0.500. The number of methoxy groups -OCH3 is 1. The number of benzene rings is 1. The van der Waals surface area contributed by atoms with Gasteiger partial charge in [0.15, 0.2) is 6.29 Å². The van der Waals surface area contributed by atoms with Crippen molar-refractivity contribution in [2.24, 2.45) is 0 Å². The van der Waals surface area contributed by atoms with Gasteiger partial charge in [-0.3, -0.25) is 0 Å². The predicted molar refractivity (Wildman–Crippen MR) is 65.0 cm³/mol. The molecule has 0 spiro atoms. The Hall–Kier alpha value is -1.08. The average molecular weight is 286 g/mol. The van der Waals surface area contributed by atoms with E-state index >= 15 is 0 Å². The molecule has 0 saturated carbocycles. The van der Waals surface area contributed by atoms with Crippen LogP contribution in [0.15, 0.2) is 18.2 Å². The van der Waals surface area contributed by atoms with Crippen molar-refractivity contribution < 1.29 is 27.7 Å². The lowest BCUT2D eigenvalue weighted by Crippen LogP contribution is -2.44. The Morgan fingerprint density at radius 1 is 1.25 bits per heavy atom. The van der Waals surface area contributed by atoms with Crippen LogP contribution in [0, 0.1) is 11.6 Å². The number of ether oxygens (including phenoxy) is 4. The van der Waals surface area contributed by atoms with Crippen molar-refractivity contribution in [2.75, 3.05) is 13.7 Å². The fourth-order valence-corrected chi connectivity index (χ4v) is 2.57. The Labute approximate surface area is 115 Å². The molecule has 2 saturated heterocycles. The third-order valence-electron chi connectivity index (χ3n) is 3.72. The first-order valence-electron chi connectivity index (χ1n) is 6.53. The fraction of sp³-hybridized carbons (Fsp3) is 0.571. The number of halogens is 2. The van der Waals surface area contributed by atoms with E-state index in [-0.39, 0.29) is 36.8 Å². The molecule has 4 nitrogen and oxygen atoms in total. The first-order chi connectivity index (χ1) is 9.69. The largest absolute Gasteiger partial charge is 0.376 e. The molecule has 1 aromatic carbocycles. The lowest BCUT2D eigenvalue weighted by molar-refractivity contribution is -0.201. The topological polar surface area (TPSA) is 36.9 Å². The van der Waals surface area contributed by atoms with Gasteiger partial charge < -0.3 is 18.9 Å². The SMILES string of the molecule is CO[C@@H]1C[C@H](OCc2c(F)cccc2F)[C@H]2CO[C@@H]1O2. The second-order valence-corrected chi connectivity index (χ2v) is 4.94. The highest BCUT2D eigenvalue weighted by molar-refractivity contribution is 5.18. The quantitative estimate of drug-likeness (QED) is 0.848. The van der Waals surface area contributed by atoms with Gasteiger partial charge in [-0.05, 0) is 12.1 Å². The molecule has 4 atom stereocenters. The van der Waals surface area contributed by atoms with Crippen molar-refractivity contribution in [1.82, 2.24) is 0 Å². The molecule has 0 radical (unpaired) electrons. The van der Waals surface area contributed by atoms with Crippen LogP contribution in [-0.2, 0) is 25.6 Å². The fourth-order valence-electron chi connectivity index (χ4n) is 2.57. The minimum atomic E-state index is -0.606. The lowest BCUT2D eigenvalue weighted by atomic mass is 10.0. The van der Waals surface area contributed by atoms with Crippen LogP contribution in [0.3, 0.4) is 0 Å². The number of rotatable bonds is 4. The zero-order chi connectivity index (χ0) is 14.1. The lowest BCUT2D eigenvalue weighted by Gasteiger charge is -2.32. The maximum atomic E-state index is 13.5. The van der Waals surface area contributed by atoms with E-state index < -0.39 is 11.6 Å². The van der Waals surface area contributed by atoms with Gasteiger partial charge in [-0.15, -0.1) is 0 Å². The van der Waals surface area contributed by atoms with Crippen molar-refractivity contribution >= 4 is 0 Å². The minimum absolute atomic E-state index is 0.0671. The second kappa shape index (κ2) is 5.73. The average Bonchev–Trinajstić information content (AvgIpc) is 2.85. The molecule has 2 heterocycles. The highest BCUT2D eigenvalue weighted by Crippen LogP contribution is 2.31. The third kappa shape index (κ3) is 2.56. The van der Waals surface area contributed by atoms with Crippen molar-refractivity contribution in [3.05, 3.63) is 35.4 Å². The predicted octanol–water partition coefficient (Wildman–Crippen LogP) is 2.01. The highest BCUT2D eigenvalue weighted by atomic mass is 19.1. The molecule has 0 unspecified atom stereocenters. The number of hydrogen-bond acceptors (Lipinski definition) is 4. The van der Waals surface area contributed by atoms with Gasteiger partial charge in [0.1, 0.15) is 23.8 Å². The summed E-state index contributed by atoms with van der Waals surface area (Å²) in [7, 11) is 1.57. The summed E-state index contributed by atoms with van der Waals surface area (Å²) >= 11 is 0. The molecule has 6 heteroatoms. The Kier molecular flexibility index (Phi) is 3.98. The second-order valence-electron chi connectivity index (χ2n) is 4.94. The van der Waals surface area contributed by atoms with Gasteiger partial charge in [0.2, 0.25) is 0 Å². The summed E-state index contributed by atoms with van der Waals surface area (Å²) in [6, 6.07) is 3.76. The molecule has 20 heavy (non-hydrogen) atoms. The van der Waals surface area contributed by atoms with Crippen molar-refractivity contribution in [3.63, 3.8) is 0 Å². The van der Waals surface area contributed by atoms with E-state index in [1.165, 1.54) is 18.2 Å². The Morgan fingerprint density at radius 2 is 2.00 bits per heavy atom. The van der Waals surface area contributed by atoms with E-state index in [4.69, 9.17) is 18.9 Å². The summed E-state index contributed by atoms with van der Waals surface area (Å²) in [5, 5.41) is 0. The molecule has 110 valence electrons. The Morgan fingerprint density at radius 3 is 2.70 bits per heavy atom. The molecule has 0 amide bonds. The van der Waals surface area contributed by atoms with Gasteiger partial charge >= 0.3 is 0 Å².